The number of ether oxygens (including phenoxy) is 1. The second-order valence-corrected chi connectivity index (χ2v) is 5.70. The monoisotopic (exact) mass is 355 g/mol. The predicted molar refractivity (Wildman–Crippen MR) is 97.1 cm³/mol. The number of esters is 1. The fourth-order valence-corrected chi connectivity index (χ4v) is 2.67. The first-order valence-electron chi connectivity index (χ1n) is 8.24. The van der Waals surface area contributed by atoms with Crippen molar-refractivity contribution in [3.63, 3.8) is 0 Å². The van der Waals surface area contributed by atoms with Gasteiger partial charge in [0.2, 0.25) is 5.91 Å². The molecule has 6 heteroatoms. The summed E-state index contributed by atoms with van der Waals surface area (Å²) in [5.74, 6) is -3.33. The number of carboxylic acid groups (broad SMARTS) is 1. The van der Waals surface area contributed by atoms with E-state index in [4.69, 9.17) is 0 Å². The molecule has 0 spiro atoms. The second-order valence-electron chi connectivity index (χ2n) is 5.70. The maximum atomic E-state index is 12.8. The molecule has 2 aromatic rings. The molecule has 0 aliphatic carbocycles. The van der Waals surface area contributed by atoms with Crippen LogP contribution in [-0.4, -0.2) is 36.6 Å². The Labute approximate surface area is 152 Å². The number of carboxylic acids is 1. The summed E-state index contributed by atoms with van der Waals surface area (Å²) >= 11 is 0. The molecule has 1 N–H and O–H groups in total. The SMILES string of the molecule is CCN(C(=O)C(Cc1ccc(C(=O)OC)cc1)C(=O)O)c1ccccc1. The molecule has 0 aliphatic rings. The van der Waals surface area contributed by atoms with Crippen LogP contribution in [0.5, 0.6) is 0 Å². The largest absolute Gasteiger partial charge is 0.481 e. The highest BCUT2D eigenvalue weighted by atomic mass is 16.5. The molecule has 1 amide bonds. The van der Waals surface area contributed by atoms with Gasteiger partial charge in [-0.1, -0.05) is 30.3 Å². The summed E-state index contributed by atoms with van der Waals surface area (Å²) < 4.78 is 4.63. The lowest BCUT2D eigenvalue weighted by Gasteiger charge is -2.24. The van der Waals surface area contributed by atoms with E-state index in [1.807, 2.05) is 6.07 Å². The molecule has 0 heterocycles. The zero-order chi connectivity index (χ0) is 19.1. The van der Waals surface area contributed by atoms with Gasteiger partial charge in [0.25, 0.3) is 0 Å². The number of anilines is 1. The summed E-state index contributed by atoms with van der Waals surface area (Å²) in [6, 6.07) is 15.3. The number of rotatable bonds is 7. The lowest BCUT2D eigenvalue weighted by atomic mass is 9.97. The summed E-state index contributed by atoms with van der Waals surface area (Å²) in [7, 11) is 1.29. The van der Waals surface area contributed by atoms with E-state index >= 15 is 0 Å². The molecular formula is C20H21NO5. The van der Waals surface area contributed by atoms with Crippen LogP contribution in [0.3, 0.4) is 0 Å². The van der Waals surface area contributed by atoms with E-state index in [0.717, 1.165) is 0 Å². The van der Waals surface area contributed by atoms with E-state index in [1.165, 1.54) is 12.0 Å². The maximum Gasteiger partial charge on any atom is 0.337 e. The van der Waals surface area contributed by atoms with Crippen LogP contribution >= 0.6 is 0 Å². The minimum absolute atomic E-state index is 0.0406. The van der Waals surface area contributed by atoms with Crippen LogP contribution in [0.1, 0.15) is 22.8 Å². The van der Waals surface area contributed by atoms with Crippen molar-refractivity contribution in [1.29, 1.82) is 0 Å². The molecule has 0 saturated heterocycles. The number of amides is 1. The first-order valence-corrected chi connectivity index (χ1v) is 8.24. The molecule has 0 radical (unpaired) electrons. The number of aliphatic carboxylic acids is 1. The lowest BCUT2D eigenvalue weighted by molar-refractivity contribution is -0.146. The van der Waals surface area contributed by atoms with Crippen LogP contribution in [0.2, 0.25) is 0 Å². The molecule has 2 rings (SSSR count). The van der Waals surface area contributed by atoms with Crippen molar-refractivity contribution in [2.45, 2.75) is 13.3 Å². The van der Waals surface area contributed by atoms with Gasteiger partial charge in [-0.25, -0.2) is 4.79 Å². The Balaban J connectivity index is 2.21. The fourth-order valence-electron chi connectivity index (χ4n) is 2.67. The smallest absolute Gasteiger partial charge is 0.337 e. The van der Waals surface area contributed by atoms with Crippen LogP contribution in [0.4, 0.5) is 5.69 Å². The molecule has 1 atom stereocenters. The van der Waals surface area contributed by atoms with E-state index in [1.54, 1.807) is 55.5 Å². The Bertz CT molecular complexity index is 771. The van der Waals surface area contributed by atoms with Crippen LogP contribution < -0.4 is 4.90 Å². The van der Waals surface area contributed by atoms with Crippen molar-refractivity contribution < 1.29 is 24.2 Å². The fraction of sp³-hybridized carbons (Fsp3) is 0.250. The molecule has 26 heavy (non-hydrogen) atoms. The Hall–Kier alpha value is -3.15. The summed E-state index contributed by atoms with van der Waals surface area (Å²) in [5, 5.41) is 9.56. The molecule has 0 saturated carbocycles. The minimum atomic E-state index is -1.21. The van der Waals surface area contributed by atoms with Gasteiger partial charge in [-0.15, -0.1) is 0 Å². The number of hydrogen-bond acceptors (Lipinski definition) is 4. The number of carbonyl (C=O) groups is 3. The van der Waals surface area contributed by atoms with Crippen LogP contribution in [-0.2, 0) is 20.7 Å². The standard InChI is InChI=1S/C20H21NO5/c1-3-21(16-7-5-4-6-8-16)18(22)17(19(23)24)13-14-9-11-15(12-10-14)20(25)26-2/h4-12,17H,3,13H2,1-2H3,(H,23,24). The molecule has 0 aromatic heterocycles. The highest BCUT2D eigenvalue weighted by Gasteiger charge is 2.31. The van der Waals surface area contributed by atoms with E-state index in [2.05, 4.69) is 4.74 Å². The number of nitrogens with zero attached hydrogens (tertiary/aromatic N) is 1. The van der Waals surface area contributed by atoms with Gasteiger partial charge in [0.05, 0.1) is 12.7 Å². The first kappa shape index (κ1) is 19.2. The Morgan fingerprint density at radius 1 is 1.04 bits per heavy atom. The molecular weight excluding hydrogens is 334 g/mol. The molecule has 0 fully saturated rings. The van der Waals surface area contributed by atoms with Crippen molar-refractivity contribution in [1.82, 2.24) is 0 Å². The summed E-state index contributed by atoms with van der Waals surface area (Å²) in [6.07, 6.45) is 0.0406. The van der Waals surface area contributed by atoms with Gasteiger partial charge in [-0.05, 0) is 43.2 Å². The third kappa shape index (κ3) is 4.47. The average Bonchev–Trinajstić information content (AvgIpc) is 2.67. The van der Waals surface area contributed by atoms with Crippen molar-refractivity contribution in [3.05, 3.63) is 65.7 Å². The van der Waals surface area contributed by atoms with E-state index in [9.17, 15) is 19.5 Å². The van der Waals surface area contributed by atoms with Crippen molar-refractivity contribution in [3.8, 4) is 0 Å². The zero-order valence-corrected chi connectivity index (χ0v) is 14.7. The number of benzene rings is 2. The Kier molecular flexibility index (Phi) is 6.49. The summed E-state index contributed by atoms with van der Waals surface area (Å²) in [6.45, 7) is 2.17. The summed E-state index contributed by atoms with van der Waals surface area (Å²) in [4.78, 5) is 37.4. The van der Waals surface area contributed by atoms with Crippen LogP contribution in [0, 0.1) is 5.92 Å². The quantitative estimate of drug-likeness (QED) is 0.610. The van der Waals surface area contributed by atoms with Gasteiger partial charge in [0.1, 0.15) is 5.92 Å². The van der Waals surface area contributed by atoms with Gasteiger partial charge < -0.3 is 14.7 Å². The summed E-state index contributed by atoms with van der Waals surface area (Å²) in [5.41, 5.74) is 1.68. The maximum absolute atomic E-state index is 12.8. The lowest BCUT2D eigenvalue weighted by Crippen LogP contribution is -2.40. The topological polar surface area (TPSA) is 83.9 Å². The van der Waals surface area contributed by atoms with Crippen molar-refractivity contribution in [2.24, 2.45) is 5.92 Å². The molecule has 0 bridgehead atoms. The Morgan fingerprint density at radius 3 is 2.15 bits per heavy atom. The number of carbonyl (C=O) groups excluding carboxylic acids is 2. The molecule has 1 unspecified atom stereocenters. The molecule has 0 aliphatic heterocycles. The normalized spacial score (nSPS) is 11.5. The second kappa shape index (κ2) is 8.80. The van der Waals surface area contributed by atoms with Gasteiger partial charge in [-0.3, -0.25) is 9.59 Å². The van der Waals surface area contributed by atoms with E-state index < -0.39 is 23.8 Å². The van der Waals surface area contributed by atoms with Gasteiger partial charge in [0, 0.05) is 12.2 Å². The zero-order valence-electron chi connectivity index (χ0n) is 14.7. The van der Waals surface area contributed by atoms with Gasteiger partial charge in [0.15, 0.2) is 0 Å². The van der Waals surface area contributed by atoms with Crippen LogP contribution in [0.15, 0.2) is 54.6 Å². The number of methoxy groups -OCH3 is 1. The van der Waals surface area contributed by atoms with Crippen molar-refractivity contribution in [2.75, 3.05) is 18.6 Å². The minimum Gasteiger partial charge on any atom is -0.481 e. The Morgan fingerprint density at radius 2 is 1.65 bits per heavy atom. The molecule has 6 nitrogen and oxygen atoms in total. The van der Waals surface area contributed by atoms with E-state index in [0.29, 0.717) is 23.4 Å². The third-order valence-corrected chi connectivity index (χ3v) is 4.06. The molecule has 136 valence electrons. The van der Waals surface area contributed by atoms with Crippen LogP contribution in [0.25, 0.3) is 0 Å². The van der Waals surface area contributed by atoms with Gasteiger partial charge >= 0.3 is 11.9 Å². The van der Waals surface area contributed by atoms with Crippen molar-refractivity contribution >= 4 is 23.5 Å². The third-order valence-electron chi connectivity index (χ3n) is 4.06. The first-order chi connectivity index (χ1) is 12.5. The van der Waals surface area contributed by atoms with Gasteiger partial charge in [-0.2, -0.15) is 0 Å². The number of hydrogen-bond donors (Lipinski definition) is 1. The van der Waals surface area contributed by atoms with E-state index in [-0.39, 0.29) is 6.42 Å². The highest BCUT2D eigenvalue weighted by molar-refractivity contribution is 6.05. The molecule has 2 aromatic carbocycles. The number of para-hydroxylation sites is 1. The predicted octanol–water partition coefficient (Wildman–Crippen LogP) is 2.77. The highest BCUT2D eigenvalue weighted by Crippen LogP contribution is 2.19. The average molecular weight is 355 g/mol.